The summed E-state index contributed by atoms with van der Waals surface area (Å²) in [7, 11) is 0. The number of aromatic nitrogens is 3. The minimum Gasteiger partial charge on any atom is -0.461 e. The van der Waals surface area contributed by atoms with Gasteiger partial charge in [0.1, 0.15) is 5.69 Å². The lowest BCUT2D eigenvalue weighted by molar-refractivity contribution is 0.0489. The third-order valence-corrected chi connectivity index (χ3v) is 4.20. The molecule has 0 saturated carbocycles. The smallest absolute Gasteiger partial charge is 0.419 e. The van der Waals surface area contributed by atoms with E-state index in [2.05, 4.69) is 10.2 Å². The van der Waals surface area contributed by atoms with Crippen molar-refractivity contribution in [2.45, 2.75) is 13.0 Å². The zero-order chi connectivity index (χ0) is 18.6. The fourth-order valence-corrected chi connectivity index (χ4v) is 2.87. The number of aryl methyl sites for hydroxylation is 1. The first-order chi connectivity index (χ1) is 13.2. The number of rotatable bonds is 6. The summed E-state index contributed by atoms with van der Waals surface area (Å²) in [6.07, 6.45) is 0.495. The number of benzene rings is 2. The lowest BCUT2D eigenvalue weighted by atomic mass is 10.1. The second kappa shape index (κ2) is 7.33. The fraction of sp³-hybridized carbons (Fsp3) is 0.150. The first kappa shape index (κ1) is 16.8. The first-order valence-electron chi connectivity index (χ1n) is 8.59. The van der Waals surface area contributed by atoms with Gasteiger partial charge in [0, 0.05) is 12.1 Å². The number of carbonyl (C=O) groups is 1. The van der Waals surface area contributed by atoms with Crippen molar-refractivity contribution in [3.8, 4) is 11.3 Å². The van der Waals surface area contributed by atoms with E-state index in [0.29, 0.717) is 29.9 Å². The molecule has 0 radical (unpaired) electrons. The minimum absolute atomic E-state index is 0.185. The zero-order valence-corrected chi connectivity index (χ0v) is 14.4. The van der Waals surface area contributed by atoms with Crippen molar-refractivity contribution >= 4 is 17.1 Å². The van der Waals surface area contributed by atoms with Crippen LogP contribution in [-0.2, 0) is 11.3 Å². The summed E-state index contributed by atoms with van der Waals surface area (Å²) in [6.45, 7) is 0.589. The van der Waals surface area contributed by atoms with Gasteiger partial charge in [-0.15, -0.1) is 0 Å². The molecule has 4 aromatic rings. The van der Waals surface area contributed by atoms with Crippen LogP contribution in [0.2, 0.25) is 0 Å². The molecule has 0 bridgehead atoms. The molecule has 0 aliphatic rings. The Morgan fingerprint density at radius 3 is 2.74 bits per heavy atom. The number of H-pyrrole nitrogens is 1. The quantitative estimate of drug-likeness (QED) is 0.420. The van der Waals surface area contributed by atoms with E-state index in [1.807, 2.05) is 48.5 Å². The lowest BCUT2D eigenvalue weighted by Gasteiger charge is -2.04. The van der Waals surface area contributed by atoms with Crippen LogP contribution in [0, 0.1) is 0 Å². The molecule has 2 aromatic carbocycles. The molecule has 2 aromatic heterocycles. The number of ether oxygens (including phenoxy) is 1. The van der Waals surface area contributed by atoms with Gasteiger partial charge in [-0.3, -0.25) is 9.67 Å². The van der Waals surface area contributed by atoms with Crippen LogP contribution >= 0.6 is 0 Å². The number of aromatic amines is 1. The van der Waals surface area contributed by atoms with Crippen molar-refractivity contribution in [2.24, 2.45) is 0 Å². The highest BCUT2D eigenvalue weighted by molar-refractivity contribution is 5.88. The van der Waals surface area contributed by atoms with E-state index in [1.165, 1.54) is 4.57 Å². The predicted molar refractivity (Wildman–Crippen MR) is 99.4 cm³/mol. The maximum atomic E-state index is 12.1. The number of fused-ring (bicyclic) bond motifs is 1. The van der Waals surface area contributed by atoms with Gasteiger partial charge in [-0.1, -0.05) is 42.5 Å². The average molecular weight is 363 g/mol. The Bertz CT molecular complexity index is 1120. The Labute approximate surface area is 154 Å². The number of hydrogen-bond donors (Lipinski definition) is 1. The van der Waals surface area contributed by atoms with Gasteiger partial charge >= 0.3 is 11.7 Å². The second-order valence-electron chi connectivity index (χ2n) is 6.01. The van der Waals surface area contributed by atoms with Crippen molar-refractivity contribution < 1.29 is 13.9 Å². The molecule has 0 atom stereocenters. The van der Waals surface area contributed by atoms with Crippen molar-refractivity contribution in [1.29, 1.82) is 0 Å². The first-order valence-corrected chi connectivity index (χ1v) is 8.59. The van der Waals surface area contributed by atoms with Crippen LogP contribution in [0.4, 0.5) is 0 Å². The molecular weight excluding hydrogens is 346 g/mol. The Hall–Kier alpha value is -3.61. The third kappa shape index (κ3) is 3.52. The van der Waals surface area contributed by atoms with Crippen LogP contribution in [0.3, 0.4) is 0 Å². The van der Waals surface area contributed by atoms with E-state index >= 15 is 0 Å². The molecule has 0 unspecified atom stereocenters. The van der Waals surface area contributed by atoms with Gasteiger partial charge in [0.25, 0.3) is 0 Å². The van der Waals surface area contributed by atoms with Crippen molar-refractivity contribution in [3.05, 3.63) is 76.9 Å². The summed E-state index contributed by atoms with van der Waals surface area (Å²) in [5, 5.41) is 6.84. The molecule has 0 fully saturated rings. The molecule has 136 valence electrons. The summed E-state index contributed by atoms with van der Waals surface area (Å²) in [5.41, 5.74) is 3.16. The Kier molecular flexibility index (Phi) is 4.57. The number of carbonyl (C=O) groups excluding carboxylic acids is 1. The molecule has 0 spiro atoms. The molecule has 0 amide bonds. The number of oxazole rings is 1. The lowest BCUT2D eigenvalue weighted by Crippen LogP contribution is -2.16. The van der Waals surface area contributed by atoms with Crippen LogP contribution < -0.4 is 5.76 Å². The Morgan fingerprint density at radius 1 is 1.11 bits per heavy atom. The van der Waals surface area contributed by atoms with Gasteiger partial charge in [0.2, 0.25) is 0 Å². The van der Waals surface area contributed by atoms with E-state index in [9.17, 15) is 9.59 Å². The summed E-state index contributed by atoms with van der Waals surface area (Å²) < 4.78 is 12.0. The summed E-state index contributed by atoms with van der Waals surface area (Å²) in [4.78, 5) is 24.1. The van der Waals surface area contributed by atoms with Crippen LogP contribution in [0.1, 0.15) is 16.9 Å². The van der Waals surface area contributed by atoms with E-state index in [1.54, 1.807) is 12.1 Å². The molecular formula is C20H17N3O4. The van der Waals surface area contributed by atoms with Gasteiger partial charge in [-0.25, -0.2) is 9.59 Å². The molecule has 7 heteroatoms. The average Bonchev–Trinajstić information content (AvgIpc) is 3.31. The minimum atomic E-state index is -0.478. The molecule has 4 rings (SSSR count). The SMILES string of the molecule is O=C(OCCCn1c(=O)oc2ccccc21)c1cc(-c2ccccc2)n[nH]1. The van der Waals surface area contributed by atoms with E-state index < -0.39 is 11.7 Å². The van der Waals surface area contributed by atoms with E-state index in [0.717, 1.165) is 11.1 Å². The monoisotopic (exact) mass is 363 g/mol. The van der Waals surface area contributed by atoms with Crippen LogP contribution in [-0.4, -0.2) is 27.3 Å². The van der Waals surface area contributed by atoms with Crippen molar-refractivity contribution in [1.82, 2.24) is 14.8 Å². The molecule has 2 heterocycles. The van der Waals surface area contributed by atoms with Crippen LogP contribution in [0.25, 0.3) is 22.4 Å². The molecule has 7 nitrogen and oxygen atoms in total. The van der Waals surface area contributed by atoms with Gasteiger partial charge in [0.15, 0.2) is 5.58 Å². The molecule has 0 saturated heterocycles. The largest absolute Gasteiger partial charge is 0.461 e. The third-order valence-electron chi connectivity index (χ3n) is 4.20. The number of para-hydroxylation sites is 2. The van der Waals surface area contributed by atoms with E-state index in [-0.39, 0.29) is 6.61 Å². The highest BCUT2D eigenvalue weighted by atomic mass is 16.5. The zero-order valence-electron chi connectivity index (χ0n) is 14.4. The van der Waals surface area contributed by atoms with Crippen molar-refractivity contribution in [2.75, 3.05) is 6.61 Å². The second-order valence-corrected chi connectivity index (χ2v) is 6.01. The Balaban J connectivity index is 1.34. The highest BCUT2D eigenvalue weighted by Crippen LogP contribution is 2.17. The van der Waals surface area contributed by atoms with E-state index in [4.69, 9.17) is 9.15 Å². The van der Waals surface area contributed by atoms with Crippen LogP contribution in [0.15, 0.2) is 69.9 Å². The van der Waals surface area contributed by atoms with Crippen molar-refractivity contribution in [3.63, 3.8) is 0 Å². The molecule has 0 aliphatic carbocycles. The fourth-order valence-electron chi connectivity index (χ4n) is 2.87. The summed E-state index contributed by atoms with van der Waals surface area (Å²) >= 11 is 0. The summed E-state index contributed by atoms with van der Waals surface area (Å²) in [6, 6.07) is 18.4. The van der Waals surface area contributed by atoms with Crippen LogP contribution in [0.5, 0.6) is 0 Å². The summed E-state index contributed by atoms with van der Waals surface area (Å²) in [5.74, 6) is -0.891. The number of nitrogens with zero attached hydrogens (tertiary/aromatic N) is 2. The number of nitrogens with one attached hydrogen (secondary N) is 1. The topological polar surface area (TPSA) is 90.1 Å². The standard InChI is InChI=1S/C20H17N3O4/c24-19(16-13-15(21-22-16)14-7-2-1-3-8-14)26-12-6-11-23-17-9-4-5-10-18(17)27-20(23)25/h1-5,7-10,13H,6,11-12H2,(H,21,22). The number of hydrogen-bond acceptors (Lipinski definition) is 5. The van der Waals surface area contributed by atoms with Gasteiger partial charge in [0.05, 0.1) is 17.8 Å². The predicted octanol–water partition coefficient (Wildman–Crippen LogP) is 3.23. The maximum absolute atomic E-state index is 12.1. The normalized spacial score (nSPS) is 11.0. The molecule has 0 aliphatic heterocycles. The Morgan fingerprint density at radius 2 is 1.89 bits per heavy atom. The highest BCUT2D eigenvalue weighted by Gasteiger charge is 2.13. The van der Waals surface area contributed by atoms with Gasteiger partial charge in [-0.05, 0) is 24.6 Å². The molecule has 1 N–H and O–H groups in total. The van der Waals surface area contributed by atoms with Gasteiger partial charge < -0.3 is 9.15 Å². The maximum Gasteiger partial charge on any atom is 0.419 e. The number of esters is 1. The van der Waals surface area contributed by atoms with Gasteiger partial charge in [-0.2, -0.15) is 5.10 Å². The molecule has 27 heavy (non-hydrogen) atoms.